The minimum Gasteiger partial charge on any atom is -0.490 e. The number of amides is 1. The molecule has 2 aromatic rings. The van der Waals surface area contributed by atoms with Gasteiger partial charge in [-0.05, 0) is 29.2 Å². The molecule has 2 aliphatic heterocycles. The first-order valence-corrected chi connectivity index (χ1v) is 12.7. The molecule has 5 nitrogen and oxygen atoms in total. The van der Waals surface area contributed by atoms with E-state index >= 15 is 0 Å². The first kappa shape index (κ1) is 23.0. The summed E-state index contributed by atoms with van der Waals surface area (Å²) in [4.78, 5) is 18.0. The van der Waals surface area contributed by atoms with E-state index in [-0.39, 0.29) is 11.2 Å². The van der Waals surface area contributed by atoms with Crippen LogP contribution in [0.2, 0.25) is 0 Å². The fraction of sp³-hybridized carbons (Fsp3) is 0.500. The lowest BCUT2D eigenvalue weighted by Gasteiger charge is -2.35. The van der Waals surface area contributed by atoms with E-state index in [0.29, 0.717) is 25.7 Å². The summed E-state index contributed by atoms with van der Waals surface area (Å²) in [5.74, 6) is 3.23. The fourth-order valence-electron chi connectivity index (χ4n) is 4.24. The maximum absolute atomic E-state index is 13.6. The van der Waals surface area contributed by atoms with E-state index in [4.69, 9.17) is 9.47 Å². The molecule has 0 bridgehead atoms. The van der Waals surface area contributed by atoms with Crippen molar-refractivity contribution in [3.63, 3.8) is 0 Å². The third-order valence-corrected chi connectivity index (χ3v) is 6.93. The normalized spacial score (nSPS) is 18.9. The van der Waals surface area contributed by atoms with Crippen molar-refractivity contribution in [2.45, 2.75) is 38.6 Å². The second-order valence-electron chi connectivity index (χ2n) is 9.02. The fourth-order valence-corrected chi connectivity index (χ4v) is 5.50. The molecule has 0 aromatic heterocycles. The maximum atomic E-state index is 13.6. The third kappa shape index (κ3) is 6.20. The van der Waals surface area contributed by atoms with E-state index in [0.717, 1.165) is 55.4 Å². The van der Waals surface area contributed by atoms with E-state index in [1.165, 1.54) is 5.56 Å². The molecule has 1 saturated heterocycles. The Morgan fingerprint density at radius 2 is 1.88 bits per heavy atom. The lowest BCUT2D eigenvalue weighted by atomic mass is 10.1. The number of rotatable bonds is 7. The third-order valence-electron chi connectivity index (χ3n) is 5.76. The highest BCUT2D eigenvalue weighted by molar-refractivity contribution is 8.00. The second kappa shape index (κ2) is 11.1. The Labute approximate surface area is 196 Å². The number of thioether (sulfide) groups is 1. The van der Waals surface area contributed by atoms with Crippen LogP contribution in [0.4, 0.5) is 0 Å². The quantitative estimate of drug-likeness (QED) is 0.618. The number of hydrogen-bond acceptors (Lipinski definition) is 5. The lowest BCUT2D eigenvalue weighted by Crippen LogP contribution is -2.47. The van der Waals surface area contributed by atoms with E-state index < -0.39 is 0 Å². The zero-order valence-electron chi connectivity index (χ0n) is 19.2. The Morgan fingerprint density at radius 3 is 2.66 bits per heavy atom. The van der Waals surface area contributed by atoms with Gasteiger partial charge < -0.3 is 14.4 Å². The minimum atomic E-state index is -0.0216. The van der Waals surface area contributed by atoms with E-state index in [1.54, 1.807) is 11.8 Å². The summed E-state index contributed by atoms with van der Waals surface area (Å²) in [6.07, 6.45) is 0.889. The molecular weight excluding hydrogens is 420 g/mol. The Bertz CT molecular complexity index is 890. The molecule has 6 heteroatoms. The molecule has 2 aromatic carbocycles. The maximum Gasteiger partial charge on any atom is 0.237 e. The summed E-state index contributed by atoms with van der Waals surface area (Å²) in [6, 6.07) is 16.6. The highest BCUT2D eigenvalue weighted by Crippen LogP contribution is 2.31. The van der Waals surface area contributed by atoms with Crippen LogP contribution in [0.15, 0.2) is 48.5 Å². The number of ether oxygens (including phenoxy) is 2. The molecule has 172 valence electrons. The summed E-state index contributed by atoms with van der Waals surface area (Å²) < 4.78 is 11.6. The summed E-state index contributed by atoms with van der Waals surface area (Å²) in [5, 5.41) is -0.0216. The number of fused-ring (bicyclic) bond motifs is 1. The first-order valence-electron chi connectivity index (χ1n) is 11.6. The zero-order chi connectivity index (χ0) is 22.3. The van der Waals surface area contributed by atoms with Crippen LogP contribution in [0.5, 0.6) is 11.5 Å². The van der Waals surface area contributed by atoms with Gasteiger partial charge in [0.2, 0.25) is 5.91 Å². The molecule has 0 saturated carbocycles. The van der Waals surface area contributed by atoms with Crippen molar-refractivity contribution in [2.24, 2.45) is 5.92 Å². The molecule has 0 spiro atoms. The van der Waals surface area contributed by atoms with Gasteiger partial charge in [-0.2, -0.15) is 0 Å². The van der Waals surface area contributed by atoms with Crippen LogP contribution in [0.1, 0.15) is 31.4 Å². The van der Waals surface area contributed by atoms with Gasteiger partial charge in [-0.1, -0.05) is 50.2 Å². The highest BCUT2D eigenvalue weighted by atomic mass is 32.2. The van der Waals surface area contributed by atoms with Crippen molar-refractivity contribution in [3.8, 4) is 11.5 Å². The van der Waals surface area contributed by atoms with Gasteiger partial charge in [0.05, 0.1) is 18.5 Å². The molecule has 0 aliphatic carbocycles. The molecule has 1 unspecified atom stereocenters. The number of nitrogens with zero attached hydrogens (tertiary/aromatic N) is 2. The Hall–Kier alpha value is -2.18. The Morgan fingerprint density at radius 1 is 1.09 bits per heavy atom. The van der Waals surface area contributed by atoms with Gasteiger partial charge in [-0.3, -0.25) is 9.69 Å². The molecule has 2 heterocycles. The summed E-state index contributed by atoms with van der Waals surface area (Å²) in [6.45, 7) is 9.77. The van der Waals surface area contributed by atoms with Gasteiger partial charge in [0, 0.05) is 44.9 Å². The van der Waals surface area contributed by atoms with Gasteiger partial charge in [0.15, 0.2) is 11.5 Å². The van der Waals surface area contributed by atoms with E-state index in [1.807, 2.05) is 23.1 Å². The summed E-state index contributed by atoms with van der Waals surface area (Å²) >= 11 is 1.80. The molecule has 0 radical (unpaired) electrons. The van der Waals surface area contributed by atoms with Gasteiger partial charge in [-0.15, -0.1) is 11.8 Å². The molecule has 1 atom stereocenters. The Kier molecular flexibility index (Phi) is 7.98. The number of hydrogen-bond donors (Lipinski definition) is 0. The van der Waals surface area contributed by atoms with E-state index in [2.05, 4.69) is 49.1 Å². The Balaban J connectivity index is 1.44. The van der Waals surface area contributed by atoms with Gasteiger partial charge in [0.1, 0.15) is 0 Å². The van der Waals surface area contributed by atoms with Crippen LogP contribution < -0.4 is 9.47 Å². The molecule has 4 rings (SSSR count). The van der Waals surface area contributed by atoms with Gasteiger partial charge in [-0.25, -0.2) is 0 Å². The summed E-state index contributed by atoms with van der Waals surface area (Å²) in [7, 11) is 0. The number of carbonyl (C=O) groups is 1. The van der Waals surface area contributed by atoms with Crippen molar-refractivity contribution < 1.29 is 14.3 Å². The second-order valence-corrected chi connectivity index (χ2v) is 10.3. The van der Waals surface area contributed by atoms with Crippen molar-refractivity contribution in [1.29, 1.82) is 0 Å². The van der Waals surface area contributed by atoms with E-state index in [9.17, 15) is 4.79 Å². The van der Waals surface area contributed by atoms with Crippen molar-refractivity contribution in [3.05, 3.63) is 59.7 Å². The van der Waals surface area contributed by atoms with Crippen molar-refractivity contribution >= 4 is 17.7 Å². The van der Waals surface area contributed by atoms with Crippen LogP contribution >= 0.6 is 11.8 Å². The molecule has 0 N–H and O–H groups in total. The summed E-state index contributed by atoms with van der Waals surface area (Å²) in [5.41, 5.74) is 2.39. The molecule has 32 heavy (non-hydrogen) atoms. The van der Waals surface area contributed by atoms with Crippen molar-refractivity contribution in [1.82, 2.24) is 9.80 Å². The number of carbonyl (C=O) groups excluding carboxylic acids is 1. The van der Waals surface area contributed by atoms with Gasteiger partial charge >= 0.3 is 0 Å². The molecular formula is C26H34N2O3S. The highest BCUT2D eigenvalue weighted by Gasteiger charge is 2.30. The predicted molar refractivity (Wildman–Crippen MR) is 130 cm³/mol. The molecule has 1 fully saturated rings. The minimum absolute atomic E-state index is 0.0216. The average molecular weight is 455 g/mol. The average Bonchev–Trinajstić information content (AvgIpc) is 3.04. The van der Waals surface area contributed by atoms with Crippen LogP contribution in [-0.4, -0.2) is 59.6 Å². The standard InChI is InChI=1S/C26H34N2O3S/c1-20(2)16-28(18-22-9-10-23-24(15-22)31-13-6-12-30-23)26(29)25-19-27(11-14-32-25)17-21-7-4-3-5-8-21/h3-5,7-10,15,20,25H,6,11-14,16-19H2,1-2H3. The smallest absolute Gasteiger partial charge is 0.237 e. The SMILES string of the molecule is CC(C)CN(Cc1ccc2c(c1)OCCCO2)C(=O)C1CN(Cc2ccccc2)CCS1. The zero-order valence-corrected chi connectivity index (χ0v) is 20.0. The lowest BCUT2D eigenvalue weighted by molar-refractivity contribution is -0.132. The predicted octanol–water partition coefficient (Wildman–Crippen LogP) is 4.45. The van der Waals surface area contributed by atoms with Gasteiger partial charge in [0.25, 0.3) is 0 Å². The van der Waals surface area contributed by atoms with Crippen molar-refractivity contribution in [2.75, 3.05) is 38.6 Å². The number of benzene rings is 2. The topological polar surface area (TPSA) is 42.0 Å². The molecule has 1 amide bonds. The van der Waals surface area contributed by atoms with Crippen LogP contribution in [-0.2, 0) is 17.9 Å². The molecule has 2 aliphatic rings. The first-order chi connectivity index (χ1) is 15.6. The van der Waals surface area contributed by atoms with Crippen LogP contribution in [0.3, 0.4) is 0 Å². The van der Waals surface area contributed by atoms with Crippen LogP contribution in [0.25, 0.3) is 0 Å². The van der Waals surface area contributed by atoms with Crippen LogP contribution in [0, 0.1) is 5.92 Å². The largest absolute Gasteiger partial charge is 0.490 e. The monoisotopic (exact) mass is 454 g/mol.